The molecule has 28 heavy (non-hydrogen) atoms. The van der Waals surface area contributed by atoms with E-state index in [0.29, 0.717) is 6.54 Å². The van der Waals surface area contributed by atoms with E-state index in [1.807, 2.05) is 24.3 Å². The lowest BCUT2D eigenvalue weighted by atomic mass is 9.89. The first kappa shape index (κ1) is 17.8. The summed E-state index contributed by atoms with van der Waals surface area (Å²) in [5.41, 5.74) is 6.14. The zero-order valence-electron chi connectivity index (χ0n) is 15.3. The van der Waals surface area contributed by atoms with Gasteiger partial charge in [0.2, 0.25) is 0 Å². The molecular formula is C23H19BrN2OS. The van der Waals surface area contributed by atoms with Crippen LogP contribution in [0.5, 0.6) is 0 Å². The Morgan fingerprint density at radius 2 is 1.82 bits per heavy atom. The van der Waals surface area contributed by atoms with Crippen molar-refractivity contribution in [2.45, 2.75) is 32.2 Å². The molecule has 4 aromatic rings. The highest BCUT2D eigenvalue weighted by molar-refractivity contribution is 9.10. The van der Waals surface area contributed by atoms with E-state index in [1.54, 1.807) is 22.2 Å². The second-order valence-corrected chi connectivity index (χ2v) is 9.10. The lowest BCUT2D eigenvalue weighted by molar-refractivity contribution is 0.686. The Labute approximate surface area is 175 Å². The number of fused-ring (bicyclic) bond motifs is 2. The normalized spacial score (nSPS) is 13.6. The molecule has 2 aromatic heterocycles. The Hall–Kier alpha value is -2.24. The van der Waals surface area contributed by atoms with Crippen molar-refractivity contribution in [2.75, 3.05) is 0 Å². The molecule has 140 valence electrons. The molecule has 0 fully saturated rings. The fourth-order valence-corrected chi connectivity index (χ4v) is 5.15. The predicted octanol–water partition coefficient (Wildman–Crippen LogP) is 5.81. The Morgan fingerprint density at radius 3 is 2.64 bits per heavy atom. The van der Waals surface area contributed by atoms with Crippen molar-refractivity contribution in [3.8, 4) is 11.1 Å². The summed E-state index contributed by atoms with van der Waals surface area (Å²) in [7, 11) is 0. The minimum Gasteiger partial charge on any atom is -0.294 e. The molecule has 0 amide bonds. The van der Waals surface area contributed by atoms with Gasteiger partial charge in [0, 0.05) is 15.4 Å². The number of hydrogen-bond donors (Lipinski definition) is 0. The van der Waals surface area contributed by atoms with Crippen molar-refractivity contribution >= 4 is 37.5 Å². The summed E-state index contributed by atoms with van der Waals surface area (Å²) >= 11 is 5.00. The second kappa shape index (κ2) is 7.30. The zero-order valence-corrected chi connectivity index (χ0v) is 17.7. The maximum atomic E-state index is 13.3. The van der Waals surface area contributed by atoms with Crippen LogP contribution in [0.3, 0.4) is 0 Å². The van der Waals surface area contributed by atoms with Crippen molar-refractivity contribution in [1.29, 1.82) is 0 Å². The van der Waals surface area contributed by atoms with E-state index in [-0.39, 0.29) is 5.56 Å². The van der Waals surface area contributed by atoms with Gasteiger partial charge in [-0.15, -0.1) is 11.3 Å². The van der Waals surface area contributed by atoms with E-state index in [4.69, 9.17) is 0 Å². The summed E-state index contributed by atoms with van der Waals surface area (Å²) in [5, 5.41) is 2.81. The monoisotopic (exact) mass is 450 g/mol. The Balaban J connectivity index is 1.59. The van der Waals surface area contributed by atoms with Crippen LogP contribution in [0.2, 0.25) is 0 Å². The molecule has 5 rings (SSSR count). The third-order valence-corrected chi connectivity index (χ3v) is 6.90. The number of aryl methyl sites for hydroxylation is 2. The van der Waals surface area contributed by atoms with Gasteiger partial charge in [-0.2, -0.15) is 0 Å². The van der Waals surface area contributed by atoms with Gasteiger partial charge >= 0.3 is 0 Å². The van der Waals surface area contributed by atoms with Crippen LogP contribution in [-0.4, -0.2) is 9.55 Å². The number of thiophene rings is 1. The number of benzene rings is 2. The standard InChI is InChI=1S/C23H19BrN2OS/c24-19-9-5-15(6-10-19)12-26-14-25-22-21(23(26)27)20(13-28-22)18-8-7-16-3-1-2-4-17(16)11-18/h5-11,13-14H,1-4,12H2. The van der Waals surface area contributed by atoms with Gasteiger partial charge in [0.25, 0.3) is 5.56 Å². The molecule has 0 saturated heterocycles. The van der Waals surface area contributed by atoms with Crippen LogP contribution in [0.15, 0.2) is 63.4 Å². The highest BCUT2D eigenvalue weighted by Crippen LogP contribution is 2.33. The summed E-state index contributed by atoms with van der Waals surface area (Å²) in [4.78, 5) is 18.6. The first-order chi connectivity index (χ1) is 13.7. The summed E-state index contributed by atoms with van der Waals surface area (Å²) in [6, 6.07) is 14.7. The van der Waals surface area contributed by atoms with Crippen LogP contribution in [0, 0.1) is 0 Å². The van der Waals surface area contributed by atoms with Gasteiger partial charge in [0.1, 0.15) is 4.83 Å². The third-order valence-electron chi connectivity index (χ3n) is 5.49. The van der Waals surface area contributed by atoms with Gasteiger partial charge in [-0.1, -0.05) is 46.3 Å². The Morgan fingerprint density at radius 1 is 1.04 bits per heavy atom. The molecule has 0 unspecified atom stereocenters. The minimum absolute atomic E-state index is 0.0295. The molecule has 2 aromatic carbocycles. The van der Waals surface area contributed by atoms with Crippen LogP contribution >= 0.6 is 27.3 Å². The fourth-order valence-electron chi connectivity index (χ4n) is 3.98. The topological polar surface area (TPSA) is 34.9 Å². The number of rotatable bonds is 3. The van der Waals surface area contributed by atoms with Crippen LogP contribution < -0.4 is 5.56 Å². The van der Waals surface area contributed by atoms with E-state index in [0.717, 1.165) is 37.8 Å². The van der Waals surface area contributed by atoms with Crippen LogP contribution in [0.1, 0.15) is 29.5 Å². The molecule has 1 aliphatic carbocycles. The number of nitrogens with zero attached hydrogens (tertiary/aromatic N) is 2. The molecule has 3 nitrogen and oxygen atoms in total. The van der Waals surface area contributed by atoms with Crippen LogP contribution in [0.4, 0.5) is 0 Å². The number of halogens is 1. The maximum Gasteiger partial charge on any atom is 0.263 e. The van der Waals surface area contributed by atoms with Crippen molar-refractivity contribution in [3.63, 3.8) is 0 Å². The second-order valence-electron chi connectivity index (χ2n) is 7.32. The summed E-state index contributed by atoms with van der Waals surface area (Å²) in [6.45, 7) is 0.522. The van der Waals surface area contributed by atoms with Crippen LogP contribution in [-0.2, 0) is 19.4 Å². The number of hydrogen-bond acceptors (Lipinski definition) is 3. The van der Waals surface area contributed by atoms with E-state index in [9.17, 15) is 4.79 Å². The largest absolute Gasteiger partial charge is 0.294 e. The number of aromatic nitrogens is 2. The molecule has 5 heteroatoms. The van der Waals surface area contributed by atoms with Gasteiger partial charge in [-0.25, -0.2) is 4.98 Å². The van der Waals surface area contributed by atoms with E-state index < -0.39 is 0 Å². The lowest BCUT2D eigenvalue weighted by Gasteiger charge is -2.16. The molecule has 0 bridgehead atoms. The summed E-state index contributed by atoms with van der Waals surface area (Å²) in [6.07, 6.45) is 6.50. The Bertz CT molecular complexity index is 1220. The van der Waals surface area contributed by atoms with Gasteiger partial charge in [-0.3, -0.25) is 9.36 Å². The van der Waals surface area contributed by atoms with E-state index in [1.165, 1.54) is 30.4 Å². The van der Waals surface area contributed by atoms with Gasteiger partial charge in [-0.05, 0) is 60.1 Å². The molecule has 1 aliphatic rings. The summed E-state index contributed by atoms with van der Waals surface area (Å²) < 4.78 is 2.74. The fraction of sp³-hybridized carbons (Fsp3) is 0.217. The zero-order chi connectivity index (χ0) is 19.1. The quantitative estimate of drug-likeness (QED) is 0.394. The van der Waals surface area contributed by atoms with Gasteiger partial charge in [0.05, 0.1) is 18.3 Å². The van der Waals surface area contributed by atoms with Crippen molar-refractivity contribution in [3.05, 3.63) is 85.7 Å². The average Bonchev–Trinajstić information content (AvgIpc) is 3.16. The molecular weight excluding hydrogens is 432 g/mol. The summed E-state index contributed by atoms with van der Waals surface area (Å²) in [5.74, 6) is 0. The highest BCUT2D eigenvalue weighted by Gasteiger charge is 2.16. The Kier molecular flexibility index (Phi) is 4.65. The lowest BCUT2D eigenvalue weighted by Crippen LogP contribution is -2.21. The molecule has 0 saturated carbocycles. The molecule has 0 N–H and O–H groups in total. The smallest absolute Gasteiger partial charge is 0.263 e. The van der Waals surface area contributed by atoms with Crippen molar-refractivity contribution < 1.29 is 0 Å². The average molecular weight is 451 g/mol. The molecule has 0 radical (unpaired) electrons. The maximum absolute atomic E-state index is 13.3. The van der Waals surface area contributed by atoms with Crippen LogP contribution in [0.25, 0.3) is 21.3 Å². The first-order valence-corrected chi connectivity index (χ1v) is 11.2. The SMILES string of the molecule is O=c1c2c(-c3ccc4c(c3)CCCC4)csc2ncn1Cc1ccc(Br)cc1. The molecule has 0 aliphatic heterocycles. The predicted molar refractivity (Wildman–Crippen MR) is 119 cm³/mol. The highest BCUT2D eigenvalue weighted by atomic mass is 79.9. The molecule has 0 spiro atoms. The van der Waals surface area contributed by atoms with Crippen molar-refractivity contribution in [1.82, 2.24) is 9.55 Å². The third kappa shape index (κ3) is 3.23. The van der Waals surface area contributed by atoms with Gasteiger partial charge in [0.15, 0.2) is 0 Å². The van der Waals surface area contributed by atoms with Gasteiger partial charge < -0.3 is 0 Å². The van der Waals surface area contributed by atoms with E-state index >= 15 is 0 Å². The molecule has 2 heterocycles. The van der Waals surface area contributed by atoms with E-state index in [2.05, 4.69) is 44.5 Å². The first-order valence-electron chi connectivity index (χ1n) is 9.52. The van der Waals surface area contributed by atoms with Crippen molar-refractivity contribution in [2.24, 2.45) is 0 Å². The minimum atomic E-state index is 0.0295. The molecule has 0 atom stereocenters.